The second-order valence-electron chi connectivity index (χ2n) is 4.75. The van der Waals surface area contributed by atoms with Gasteiger partial charge in [0.25, 0.3) is 0 Å². The maximum atomic E-state index is 11.9. The van der Waals surface area contributed by atoms with Crippen molar-refractivity contribution in [3.05, 3.63) is 53.6 Å². The van der Waals surface area contributed by atoms with Crippen LogP contribution in [0.4, 0.5) is 0 Å². The Bertz CT molecular complexity index is 577. The minimum atomic E-state index is -0.258. The highest BCUT2D eigenvalue weighted by atomic mass is 35.5. The van der Waals surface area contributed by atoms with Crippen LogP contribution in [0.15, 0.2) is 36.7 Å². The first kappa shape index (κ1) is 14.6. The first-order chi connectivity index (χ1) is 9.61. The molecule has 0 spiro atoms. The number of benzene rings is 1. The fourth-order valence-corrected chi connectivity index (χ4v) is 2.20. The number of hydrogen-bond donors (Lipinski definition) is 1. The summed E-state index contributed by atoms with van der Waals surface area (Å²) in [5.41, 5.74) is 2.19. The predicted octanol–water partition coefficient (Wildman–Crippen LogP) is 2.56. The van der Waals surface area contributed by atoms with Gasteiger partial charge in [-0.1, -0.05) is 29.8 Å². The number of imidazole rings is 1. The predicted molar refractivity (Wildman–Crippen MR) is 79.7 cm³/mol. The largest absolute Gasteiger partial charge is 0.342 e. The highest BCUT2D eigenvalue weighted by Gasteiger charge is 2.20. The molecule has 1 aromatic heterocycles. The number of alkyl halides is 1. The average molecular weight is 292 g/mol. The van der Waals surface area contributed by atoms with E-state index in [1.54, 1.807) is 6.20 Å². The van der Waals surface area contributed by atoms with E-state index in [4.69, 9.17) is 11.6 Å². The Kier molecular flexibility index (Phi) is 4.79. The summed E-state index contributed by atoms with van der Waals surface area (Å²) < 4.78 is 1.91. The van der Waals surface area contributed by atoms with E-state index in [9.17, 15) is 4.79 Å². The molecule has 2 aromatic rings. The number of carbonyl (C=O) groups is 1. The van der Waals surface area contributed by atoms with Crippen LogP contribution < -0.4 is 5.32 Å². The summed E-state index contributed by atoms with van der Waals surface area (Å²) in [6.45, 7) is 2.03. The first-order valence-corrected chi connectivity index (χ1v) is 7.04. The molecule has 1 heterocycles. The van der Waals surface area contributed by atoms with Gasteiger partial charge in [-0.3, -0.25) is 4.79 Å². The molecule has 0 saturated carbocycles. The fourth-order valence-electron chi connectivity index (χ4n) is 2.03. The van der Waals surface area contributed by atoms with Crippen LogP contribution in [0, 0.1) is 6.92 Å². The molecule has 1 N–H and O–H groups in total. The van der Waals surface area contributed by atoms with Gasteiger partial charge >= 0.3 is 0 Å². The molecular formula is C15H18ClN3O. The van der Waals surface area contributed by atoms with Gasteiger partial charge in [-0.2, -0.15) is 0 Å². The molecule has 1 unspecified atom stereocenters. The Morgan fingerprint density at radius 2 is 2.10 bits per heavy atom. The number of carbonyl (C=O) groups excluding carboxylic acids is 1. The van der Waals surface area contributed by atoms with Crippen LogP contribution in [0.3, 0.4) is 0 Å². The molecule has 4 nitrogen and oxygen atoms in total. The lowest BCUT2D eigenvalue weighted by molar-refractivity contribution is -0.121. The van der Waals surface area contributed by atoms with Crippen molar-refractivity contribution in [2.75, 3.05) is 5.88 Å². The highest BCUT2D eigenvalue weighted by molar-refractivity contribution is 6.18. The Morgan fingerprint density at radius 3 is 2.65 bits per heavy atom. The van der Waals surface area contributed by atoms with Crippen molar-refractivity contribution in [2.24, 2.45) is 7.05 Å². The third-order valence-electron chi connectivity index (χ3n) is 3.15. The summed E-state index contributed by atoms with van der Waals surface area (Å²) in [6.07, 6.45) is 3.89. The second kappa shape index (κ2) is 6.57. The van der Waals surface area contributed by atoms with Gasteiger partial charge < -0.3 is 9.88 Å². The molecular weight excluding hydrogens is 274 g/mol. The van der Waals surface area contributed by atoms with E-state index in [1.165, 1.54) is 5.56 Å². The van der Waals surface area contributed by atoms with Gasteiger partial charge in [-0.15, -0.1) is 11.6 Å². The minimum Gasteiger partial charge on any atom is -0.342 e. The normalized spacial score (nSPS) is 12.2. The number of hydrogen-bond acceptors (Lipinski definition) is 2. The minimum absolute atomic E-state index is 0.0754. The molecule has 5 heteroatoms. The number of amides is 1. The Morgan fingerprint density at radius 1 is 1.40 bits per heavy atom. The Hall–Kier alpha value is -1.81. The van der Waals surface area contributed by atoms with E-state index in [1.807, 2.05) is 49.0 Å². The van der Waals surface area contributed by atoms with Crippen molar-refractivity contribution >= 4 is 17.5 Å². The summed E-state index contributed by atoms with van der Waals surface area (Å²) in [5, 5.41) is 2.99. The number of halogens is 1. The summed E-state index contributed by atoms with van der Waals surface area (Å²) in [5.74, 6) is 1.04. The second-order valence-corrected chi connectivity index (χ2v) is 5.12. The summed E-state index contributed by atoms with van der Waals surface area (Å²) >= 11 is 5.62. The van der Waals surface area contributed by atoms with Crippen molar-refractivity contribution in [2.45, 2.75) is 19.4 Å². The fraction of sp³-hybridized carbons (Fsp3) is 0.333. The molecule has 1 amide bonds. The smallest absolute Gasteiger partial charge is 0.222 e. The lowest BCUT2D eigenvalue weighted by Crippen LogP contribution is -2.31. The molecule has 0 aliphatic rings. The lowest BCUT2D eigenvalue weighted by Gasteiger charge is -2.19. The van der Waals surface area contributed by atoms with E-state index in [2.05, 4.69) is 10.3 Å². The Labute approximate surface area is 123 Å². The Balaban J connectivity index is 2.31. The molecule has 0 radical (unpaired) electrons. The zero-order valence-electron chi connectivity index (χ0n) is 11.6. The quantitative estimate of drug-likeness (QED) is 0.861. The average Bonchev–Trinajstić information content (AvgIpc) is 2.84. The van der Waals surface area contributed by atoms with Crippen molar-refractivity contribution in [1.82, 2.24) is 14.9 Å². The molecule has 2 rings (SSSR count). The van der Waals surface area contributed by atoms with Gasteiger partial charge in [0.05, 0.1) is 0 Å². The molecule has 0 saturated heterocycles. The van der Waals surface area contributed by atoms with Gasteiger partial charge in [0.2, 0.25) is 5.91 Å². The molecule has 20 heavy (non-hydrogen) atoms. The standard InChI is InChI=1S/C15H18ClN3O/c1-11-3-5-12(6-4-11)14(18-13(20)7-8-16)15-17-9-10-19(15)2/h3-6,9-10,14H,7-8H2,1-2H3,(H,18,20). The van der Waals surface area contributed by atoms with Crippen molar-refractivity contribution in [3.8, 4) is 0 Å². The van der Waals surface area contributed by atoms with E-state index in [0.29, 0.717) is 12.3 Å². The number of rotatable bonds is 5. The van der Waals surface area contributed by atoms with Gasteiger partial charge in [0.1, 0.15) is 11.9 Å². The summed E-state index contributed by atoms with van der Waals surface area (Å²) in [6, 6.07) is 7.81. The highest BCUT2D eigenvalue weighted by Crippen LogP contribution is 2.21. The number of aryl methyl sites for hydroxylation is 2. The maximum Gasteiger partial charge on any atom is 0.222 e. The van der Waals surface area contributed by atoms with Crippen LogP contribution in [-0.4, -0.2) is 21.3 Å². The van der Waals surface area contributed by atoms with E-state index >= 15 is 0 Å². The van der Waals surface area contributed by atoms with Crippen LogP contribution in [0.1, 0.15) is 29.4 Å². The number of nitrogens with zero attached hydrogens (tertiary/aromatic N) is 2. The van der Waals surface area contributed by atoms with E-state index in [-0.39, 0.29) is 11.9 Å². The molecule has 0 fully saturated rings. The van der Waals surface area contributed by atoms with Gasteiger partial charge in [-0.25, -0.2) is 4.98 Å². The number of aromatic nitrogens is 2. The molecule has 0 aliphatic heterocycles. The first-order valence-electron chi connectivity index (χ1n) is 6.51. The third kappa shape index (κ3) is 3.39. The molecule has 0 aliphatic carbocycles. The van der Waals surface area contributed by atoms with Crippen molar-refractivity contribution in [3.63, 3.8) is 0 Å². The summed E-state index contributed by atoms with van der Waals surface area (Å²) in [4.78, 5) is 16.2. The molecule has 1 aromatic carbocycles. The van der Waals surface area contributed by atoms with E-state index < -0.39 is 0 Å². The van der Waals surface area contributed by atoms with Gasteiger partial charge in [0, 0.05) is 31.7 Å². The van der Waals surface area contributed by atoms with Crippen molar-refractivity contribution < 1.29 is 4.79 Å². The van der Waals surface area contributed by atoms with Crippen LogP contribution in [0.2, 0.25) is 0 Å². The zero-order chi connectivity index (χ0) is 14.5. The molecule has 106 valence electrons. The van der Waals surface area contributed by atoms with E-state index in [0.717, 1.165) is 11.4 Å². The topological polar surface area (TPSA) is 46.9 Å². The summed E-state index contributed by atoms with van der Waals surface area (Å²) in [7, 11) is 1.91. The van der Waals surface area contributed by atoms with Crippen molar-refractivity contribution in [1.29, 1.82) is 0 Å². The number of nitrogens with one attached hydrogen (secondary N) is 1. The third-order valence-corrected chi connectivity index (χ3v) is 3.34. The zero-order valence-corrected chi connectivity index (χ0v) is 12.4. The maximum absolute atomic E-state index is 11.9. The monoisotopic (exact) mass is 291 g/mol. The van der Waals surface area contributed by atoms with Gasteiger partial charge in [0.15, 0.2) is 0 Å². The molecule has 1 atom stereocenters. The van der Waals surface area contributed by atoms with Gasteiger partial charge in [-0.05, 0) is 12.5 Å². The van der Waals surface area contributed by atoms with Crippen LogP contribution in [-0.2, 0) is 11.8 Å². The molecule has 0 bridgehead atoms. The van der Waals surface area contributed by atoms with Crippen LogP contribution in [0.5, 0.6) is 0 Å². The SMILES string of the molecule is Cc1ccc(C(NC(=O)CCCl)c2nccn2C)cc1. The lowest BCUT2D eigenvalue weighted by atomic mass is 10.0. The van der Waals surface area contributed by atoms with Crippen LogP contribution in [0.25, 0.3) is 0 Å². The van der Waals surface area contributed by atoms with Crippen LogP contribution >= 0.6 is 11.6 Å².